The molecule has 1 aliphatic rings. The van der Waals surface area contributed by atoms with Gasteiger partial charge in [-0.2, -0.15) is 0 Å². The fourth-order valence-corrected chi connectivity index (χ4v) is 2.41. The number of benzene rings is 1. The molecule has 0 aromatic heterocycles. The lowest BCUT2D eigenvalue weighted by molar-refractivity contribution is 0.240. The third kappa shape index (κ3) is 2.25. The van der Waals surface area contributed by atoms with E-state index in [9.17, 15) is 0 Å². The Kier molecular flexibility index (Phi) is 3.27. The van der Waals surface area contributed by atoms with Gasteiger partial charge in [-0.05, 0) is 60.3 Å². The summed E-state index contributed by atoms with van der Waals surface area (Å²) in [5.74, 6) is 0.909. The molecule has 0 heterocycles. The molecule has 0 radical (unpaired) electrons. The van der Waals surface area contributed by atoms with Crippen LogP contribution in [0.25, 0.3) is 0 Å². The first-order chi connectivity index (χ1) is 7.57. The molecule has 0 aliphatic heterocycles. The SMILES string of the molecule is CC(C)Oc1ccc(C2(CN)CC2)cc1Br. The van der Waals surface area contributed by atoms with Crippen molar-refractivity contribution in [1.29, 1.82) is 0 Å². The number of ether oxygens (including phenoxy) is 1. The maximum atomic E-state index is 5.82. The number of rotatable bonds is 4. The van der Waals surface area contributed by atoms with Gasteiger partial charge in [-0.25, -0.2) is 0 Å². The van der Waals surface area contributed by atoms with Crippen molar-refractivity contribution in [1.82, 2.24) is 0 Å². The molecule has 3 heteroatoms. The second-order valence-corrected chi connectivity index (χ2v) is 5.65. The minimum Gasteiger partial charge on any atom is -0.490 e. The number of hydrogen-bond donors (Lipinski definition) is 1. The van der Waals surface area contributed by atoms with Gasteiger partial charge in [0.05, 0.1) is 10.6 Å². The van der Waals surface area contributed by atoms with Crippen molar-refractivity contribution in [2.24, 2.45) is 5.73 Å². The van der Waals surface area contributed by atoms with Gasteiger partial charge in [-0.1, -0.05) is 6.07 Å². The lowest BCUT2D eigenvalue weighted by Crippen LogP contribution is -2.19. The van der Waals surface area contributed by atoms with Crippen molar-refractivity contribution in [2.45, 2.75) is 38.2 Å². The number of hydrogen-bond acceptors (Lipinski definition) is 2. The molecule has 2 nitrogen and oxygen atoms in total. The molecule has 1 aromatic carbocycles. The van der Waals surface area contributed by atoms with Crippen molar-refractivity contribution in [3.63, 3.8) is 0 Å². The highest BCUT2D eigenvalue weighted by Gasteiger charge is 2.42. The molecule has 1 fully saturated rings. The van der Waals surface area contributed by atoms with E-state index in [1.54, 1.807) is 0 Å². The van der Waals surface area contributed by atoms with Crippen molar-refractivity contribution >= 4 is 15.9 Å². The average Bonchev–Trinajstić information content (AvgIpc) is 3.01. The van der Waals surface area contributed by atoms with Crippen LogP contribution in [0, 0.1) is 0 Å². The molecule has 16 heavy (non-hydrogen) atoms. The van der Waals surface area contributed by atoms with E-state index in [4.69, 9.17) is 10.5 Å². The molecule has 0 spiro atoms. The van der Waals surface area contributed by atoms with E-state index < -0.39 is 0 Å². The van der Waals surface area contributed by atoms with Gasteiger partial charge in [-0.3, -0.25) is 0 Å². The van der Waals surface area contributed by atoms with Gasteiger partial charge >= 0.3 is 0 Å². The minimum absolute atomic E-state index is 0.201. The molecule has 88 valence electrons. The number of nitrogens with two attached hydrogens (primary N) is 1. The summed E-state index contributed by atoms with van der Waals surface area (Å²) < 4.78 is 6.71. The normalized spacial score (nSPS) is 17.6. The summed E-state index contributed by atoms with van der Waals surface area (Å²) in [6.07, 6.45) is 2.62. The summed E-state index contributed by atoms with van der Waals surface area (Å²) >= 11 is 3.56. The van der Waals surface area contributed by atoms with E-state index in [1.807, 2.05) is 19.9 Å². The van der Waals surface area contributed by atoms with Crippen LogP contribution >= 0.6 is 15.9 Å². The standard InChI is InChI=1S/C13H18BrNO/c1-9(2)16-12-4-3-10(7-11(12)14)13(8-15)5-6-13/h3-4,7,9H,5-6,8,15H2,1-2H3. The zero-order valence-corrected chi connectivity index (χ0v) is 11.4. The van der Waals surface area contributed by atoms with E-state index in [2.05, 4.69) is 28.1 Å². The summed E-state index contributed by atoms with van der Waals surface area (Å²) in [6.45, 7) is 4.80. The lowest BCUT2D eigenvalue weighted by atomic mass is 9.96. The topological polar surface area (TPSA) is 35.2 Å². The van der Waals surface area contributed by atoms with Gasteiger partial charge in [0.2, 0.25) is 0 Å². The highest BCUT2D eigenvalue weighted by molar-refractivity contribution is 9.10. The highest BCUT2D eigenvalue weighted by atomic mass is 79.9. The molecule has 0 atom stereocenters. The second kappa shape index (κ2) is 4.38. The maximum Gasteiger partial charge on any atom is 0.133 e. The fourth-order valence-electron chi connectivity index (χ4n) is 1.94. The van der Waals surface area contributed by atoms with Crippen molar-refractivity contribution in [2.75, 3.05) is 6.54 Å². The predicted octanol–water partition coefficient (Wildman–Crippen LogP) is 3.23. The third-order valence-electron chi connectivity index (χ3n) is 3.15. The highest BCUT2D eigenvalue weighted by Crippen LogP contribution is 2.48. The predicted molar refractivity (Wildman–Crippen MR) is 69.9 cm³/mol. The smallest absolute Gasteiger partial charge is 0.133 e. The van der Waals surface area contributed by atoms with Gasteiger partial charge in [0.1, 0.15) is 5.75 Å². The zero-order chi connectivity index (χ0) is 11.8. The Hall–Kier alpha value is -0.540. The fraction of sp³-hybridized carbons (Fsp3) is 0.538. The molecule has 2 rings (SSSR count). The summed E-state index contributed by atoms with van der Waals surface area (Å²) in [7, 11) is 0. The second-order valence-electron chi connectivity index (χ2n) is 4.80. The van der Waals surface area contributed by atoms with Crippen LogP contribution in [0.2, 0.25) is 0 Å². The molecule has 0 bridgehead atoms. The minimum atomic E-state index is 0.201. The Morgan fingerprint density at radius 3 is 2.56 bits per heavy atom. The molecule has 0 saturated heterocycles. The van der Waals surface area contributed by atoms with Crippen LogP contribution in [-0.4, -0.2) is 12.6 Å². The van der Waals surface area contributed by atoms with Crippen LogP contribution in [-0.2, 0) is 5.41 Å². The first-order valence-electron chi connectivity index (χ1n) is 5.74. The van der Waals surface area contributed by atoms with E-state index in [0.717, 1.165) is 16.8 Å². The Bertz CT molecular complexity index is 386. The summed E-state index contributed by atoms with van der Waals surface area (Å²) in [5, 5.41) is 0. The molecule has 0 unspecified atom stereocenters. The largest absolute Gasteiger partial charge is 0.490 e. The molecular formula is C13H18BrNO. The molecular weight excluding hydrogens is 266 g/mol. The van der Waals surface area contributed by atoms with Crippen LogP contribution < -0.4 is 10.5 Å². The first kappa shape index (κ1) is 11.9. The molecule has 2 N–H and O–H groups in total. The average molecular weight is 284 g/mol. The molecule has 1 saturated carbocycles. The van der Waals surface area contributed by atoms with Gasteiger partial charge in [0.25, 0.3) is 0 Å². The summed E-state index contributed by atoms with van der Waals surface area (Å²) in [6, 6.07) is 6.33. The molecule has 0 amide bonds. The first-order valence-corrected chi connectivity index (χ1v) is 6.53. The Balaban J connectivity index is 2.23. The quantitative estimate of drug-likeness (QED) is 0.921. The Labute approximate surface area is 105 Å². The third-order valence-corrected chi connectivity index (χ3v) is 3.77. The van der Waals surface area contributed by atoms with Crippen LogP contribution in [0.3, 0.4) is 0 Å². The van der Waals surface area contributed by atoms with E-state index >= 15 is 0 Å². The number of halogens is 1. The molecule has 1 aromatic rings. The summed E-state index contributed by atoms with van der Waals surface area (Å²) in [4.78, 5) is 0. The van der Waals surface area contributed by atoms with Gasteiger partial charge in [0, 0.05) is 12.0 Å². The monoisotopic (exact) mass is 283 g/mol. The lowest BCUT2D eigenvalue weighted by Gasteiger charge is -2.16. The van der Waals surface area contributed by atoms with E-state index in [-0.39, 0.29) is 11.5 Å². The maximum absolute atomic E-state index is 5.82. The Morgan fingerprint density at radius 1 is 1.44 bits per heavy atom. The Morgan fingerprint density at radius 2 is 2.12 bits per heavy atom. The van der Waals surface area contributed by atoms with Gasteiger partial charge < -0.3 is 10.5 Å². The van der Waals surface area contributed by atoms with Gasteiger partial charge in [0.15, 0.2) is 0 Å². The van der Waals surface area contributed by atoms with E-state index in [0.29, 0.717) is 0 Å². The van der Waals surface area contributed by atoms with Crippen molar-refractivity contribution < 1.29 is 4.74 Å². The van der Waals surface area contributed by atoms with Crippen molar-refractivity contribution in [3.8, 4) is 5.75 Å². The van der Waals surface area contributed by atoms with Gasteiger partial charge in [-0.15, -0.1) is 0 Å². The van der Waals surface area contributed by atoms with Crippen LogP contribution in [0.1, 0.15) is 32.3 Å². The summed E-state index contributed by atoms with van der Waals surface area (Å²) in [5.41, 5.74) is 7.40. The zero-order valence-electron chi connectivity index (χ0n) is 9.79. The van der Waals surface area contributed by atoms with Crippen molar-refractivity contribution in [3.05, 3.63) is 28.2 Å². The van der Waals surface area contributed by atoms with Crippen LogP contribution in [0.5, 0.6) is 5.75 Å². The molecule has 1 aliphatic carbocycles. The van der Waals surface area contributed by atoms with E-state index in [1.165, 1.54) is 18.4 Å². The van der Waals surface area contributed by atoms with Crippen LogP contribution in [0.15, 0.2) is 22.7 Å². The van der Waals surface area contributed by atoms with Crippen LogP contribution in [0.4, 0.5) is 0 Å².